The maximum atomic E-state index is 10.7. The molecule has 2 rings (SSSR count). The van der Waals surface area contributed by atoms with Crippen LogP contribution in [0.1, 0.15) is 31.2 Å². The lowest BCUT2D eigenvalue weighted by atomic mass is 10.1. The first kappa shape index (κ1) is 12.9. The van der Waals surface area contributed by atoms with Gasteiger partial charge in [-0.15, -0.1) is 0 Å². The standard InChI is InChI=1S/C14H19NO3/c15-13(14(16)17)9-10-5-7-12(8-6-10)18-11-3-1-2-4-11/h5-8,11,13H,1-4,9,15H2,(H,16,17)/t13-/m0/s1. The zero-order valence-electron chi connectivity index (χ0n) is 10.3. The Bertz CT molecular complexity index is 396. The number of carboxylic acids is 1. The topological polar surface area (TPSA) is 72.5 Å². The van der Waals surface area contributed by atoms with E-state index in [2.05, 4.69) is 0 Å². The molecule has 0 unspecified atom stereocenters. The summed E-state index contributed by atoms with van der Waals surface area (Å²) in [5.41, 5.74) is 6.41. The third-order valence-electron chi connectivity index (χ3n) is 3.30. The summed E-state index contributed by atoms with van der Waals surface area (Å²) >= 11 is 0. The van der Waals surface area contributed by atoms with Crippen LogP contribution < -0.4 is 10.5 Å². The van der Waals surface area contributed by atoms with E-state index in [1.165, 1.54) is 12.8 Å². The van der Waals surface area contributed by atoms with Gasteiger partial charge in [0.15, 0.2) is 0 Å². The number of aliphatic carboxylic acids is 1. The predicted molar refractivity (Wildman–Crippen MR) is 68.6 cm³/mol. The Morgan fingerprint density at radius 3 is 2.50 bits per heavy atom. The molecule has 1 atom stereocenters. The maximum absolute atomic E-state index is 10.7. The van der Waals surface area contributed by atoms with Crippen molar-refractivity contribution in [2.75, 3.05) is 0 Å². The summed E-state index contributed by atoms with van der Waals surface area (Å²) in [5.74, 6) is -0.115. The molecular formula is C14H19NO3. The molecule has 1 saturated carbocycles. The molecule has 0 saturated heterocycles. The summed E-state index contributed by atoms with van der Waals surface area (Å²) in [5, 5.41) is 8.74. The Morgan fingerprint density at radius 2 is 1.94 bits per heavy atom. The van der Waals surface area contributed by atoms with Gasteiger partial charge in [0.05, 0.1) is 6.10 Å². The van der Waals surface area contributed by atoms with Gasteiger partial charge in [0.25, 0.3) is 0 Å². The molecule has 4 nitrogen and oxygen atoms in total. The van der Waals surface area contributed by atoms with Crippen molar-refractivity contribution in [2.24, 2.45) is 5.73 Å². The Labute approximate surface area is 107 Å². The van der Waals surface area contributed by atoms with Crippen LogP contribution >= 0.6 is 0 Å². The highest BCUT2D eigenvalue weighted by Crippen LogP contribution is 2.24. The van der Waals surface area contributed by atoms with Crippen molar-refractivity contribution in [2.45, 2.75) is 44.2 Å². The molecule has 0 radical (unpaired) electrons. The van der Waals surface area contributed by atoms with Gasteiger partial charge in [0.2, 0.25) is 0 Å². The molecule has 98 valence electrons. The van der Waals surface area contributed by atoms with Crippen LogP contribution in [0.4, 0.5) is 0 Å². The van der Waals surface area contributed by atoms with Crippen LogP contribution in [0, 0.1) is 0 Å². The van der Waals surface area contributed by atoms with Crippen LogP contribution in [0.2, 0.25) is 0 Å². The molecule has 0 amide bonds. The number of hydrogen-bond acceptors (Lipinski definition) is 3. The Kier molecular flexibility index (Phi) is 4.20. The molecule has 1 aromatic carbocycles. The van der Waals surface area contributed by atoms with Gasteiger partial charge >= 0.3 is 5.97 Å². The Balaban J connectivity index is 1.90. The van der Waals surface area contributed by atoms with E-state index in [1.54, 1.807) is 0 Å². The van der Waals surface area contributed by atoms with Gasteiger partial charge in [-0.25, -0.2) is 0 Å². The van der Waals surface area contributed by atoms with Crippen molar-refractivity contribution in [3.8, 4) is 5.75 Å². The summed E-state index contributed by atoms with van der Waals surface area (Å²) < 4.78 is 5.84. The second kappa shape index (κ2) is 5.87. The van der Waals surface area contributed by atoms with Gasteiger partial charge in [0.1, 0.15) is 11.8 Å². The molecule has 1 aromatic rings. The van der Waals surface area contributed by atoms with Gasteiger partial charge in [-0.1, -0.05) is 12.1 Å². The van der Waals surface area contributed by atoms with Crippen molar-refractivity contribution in [1.29, 1.82) is 0 Å². The summed E-state index contributed by atoms with van der Waals surface area (Å²) in [6.45, 7) is 0. The monoisotopic (exact) mass is 249 g/mol. The van der Waals surface area contributed by atoms with E-state index in [9.17, 15) is 4.79 Å². The predicted octanol–water partition coefficient (Wildman–Crippen LogP) is 1.96. The van der Waals surface area contributed by atoms with Gasteiger partial charge < -0.3 is 15.6 Å². The molecule has 1 aliphatic rings. The highest BCUT2D eigenvalue weighted by atomic mass is 16.5. The highest BCUT2D eigenvalue weighted by molar-refractivity contribution is 5.73. The molecule has 3 N–H and O–H groups in total. The minimum atomic E-state index is -0.971. The zero-order chi connectivity index (χ0) is 13.0. The number of rotatable bonds is 5. The van der Waals surface area contributed by atoms with Crippen LogP contribution in [-0.4, -0.2) is 23.2 Å². The lowest BCUT2D eigenvalue weighted by molar-refractivity contribution is -0.138. The minimum absolute atomic E-state index is 0.345. The van der Waals surface area contributed by atoms with E-state index >= 15 is 0 Å². The van der Waals surface area contributed by atoms with Crippen molar-refractivity contribution >= 4 is 5.97 Å². The largest absolute Gasteiger partial charge is 0.490 e. The summed E-state index contributed by atoms with van der Waals surface area (Å²) in [6, 6.07) is 6.71. The fraction of sp³-hybridized carbons (Fsp3) is 0.500. The van der Waals surface area contributed by atoms with E-state index in [0.29, 0.717) is 12.5 Å². The zero-order valence-corrected chi connectivity index (χ0v) is 10.3. The third kappa shape index (κ3) is 3.47. The van der Waals surface area contributed by atoms with Crippen molar-refractivity contribution in [3.63, 3.8) is 0 Å². The molecule has 0 bridgehead atoms. The first-order valence-electron chi connectivity index (χ1n) is 6.39. The number of ether oxygens (including phenoxy) is 1. The fourth-order valence-corrected chi connectivity index (χ4v) is 2.24. The molecule has 0 spiro atoms. The van der Waals surface area contributed by atoms with E-state index in [4.69, 9.17) is 15.6 Å². The second-order valence-corrected chi connectivity index (χ2v) is 4.82. The average Bonchev–Trinajstić information content (AvgIpc) is 2.84. The van der Waals surface area contributed by atoms with Gasteiger partial charge in [-0.2, -0.15) is 0 Å². The van der Waals surface area contributed by atoms with Crippen LogP contribution in [0.25, 0.3) is 0 Å². The third-order valence-corrected chi connectivity index (χ3v) is 3.30. The molecule has 1 fully saturated rings. The number of nitrogens with two attached hydrogens (primary N) is 1. The number of carboxylic acid groups (broad SMARTS) is 1. The van der Waals surface area contributed by atoms with Crippen LogP contribution in [0.5, 0.6) is 5.75 Å². The van der Waals surface area contributed by atoms with E-state index < -0.39 is 12.0 Å². The van der Waals surface area contributed by atoms with E-state index in [0.717, 1.165) is 24.2 Å². The average molecular weight is 249 g/mol. The molecule has 0 aromatic heterocycles. The second-order valence-electron chi connectivity index (χ2n) is 4.82. The van der Waals surface area contributed by atoms with E-state index in [-0.39, 0.29) is 0 Å². The van der Waals surface area contributed by atoms with Gasteiger partial charge in [-0.05, 0) is 49.8 Å². The molecule has 18 heavy (non-hydrogen) atoms. The van der Waals surface area contributed by atoms with Gasteiger partial charge in [0, 0.05) is 0 Å². The minimum Gasteiger partial charge on any atom is -0.490 e. The normalized spacial score (nSPS) is 17.6. The molecule has 0 heterocycles. The van der Waals surface area contributed by atoms with Crippen molar-refractivity contribution in [1.82, 2.24) is 0 Å². The SMILES string of the molecule is N[C@@H](Cc1ccc(OC2CCCC2)cc1)C(=O)O. The van der Waals surface area contributed by atoms with E-state index in [1.807, 2.05) is 24.3 Å². The highest BCUT2D eigenvalue weighted by Gasteiger charge is 2.16. The van der Waals surface area contributed by atoms with Crippen LogP contribution in [0.3, 0.4) is 0 Å². The quantitative estimate of drug-likeness (QED) is 0.836. The smallest absolute Gasteiger partial charge is 0.320 e. The Hall–Kier alpha value is -1.55. The molecule has 0 aliphatic heterocycles. The Morgan fingerprint density at radius 1 is 1.33 bits per heavy atom. The number of benzene rings is 1. The maximum Gasteiger partial charge on any atom is 0.320 e. The fourth-order valence-electron chi connectivity index (χ4n) is 2.24. The lowest BCUT2D eigenvalue weighted by Gasteiger charge is -2.13. The summed E-state index contributed by atoms with van der Waals surface area (Å²) in [6.07, 6.45) is 5.44. The van der Waals surface area contributed by atoms with Crippen molar-refractivity contribution in [3.05, 3.63) is 29.8 Å². The van der Waals surface area contributed by atoms with Gasteiger partial charge in [-0.3, -0.25) is 4.79 Å². The lowest BCUT2D eigenvalue weighted by Crippen LogP contribution is -2.32. The number of hydrogen-bond donors (Lipinski definition) is 2. The van der Waals surface area contributed by atoms with Crippen LogP contribution in [-0.2, 0) is 11.2 Å². The van der Waals surface area contributed by atoms with Crippen molar-refractivity contribution < 1.29 is 14.6 Å². The number of carbonyl (C=O) groups is 1. The molecular weight excluding hydrogens is 230 g/mol. The molecule has 4 heteroatoms. The first-order chi connectivity index (χ1) is 8.65. The molecule has 1 aliphatic carbocycles. The summed E-state index contributed by atoms with van der Waals surface area (Å²) in [7, 11) is 0. The summed E-state index contributed by atoms with van der Waals surface area (Å²) in [4.78, 5) is 10.7. The van der Waals surface area contributed by atoms with Crippen LogP contribution in [0.15, 0.2) is 24.3 Å². The first-order valence-corrected chi connectivity index (χ1v) is 6.39.